The molecule has 0 saturated carbocycles. The van der Waals surface area contributed by atoms with Crippen LogP contribution < -0.4 is 5.32 Å². The third kappa shape index (κ3) is 2.42. The fraction of sp³-hybridized carbons (Fsp3) is 0.333. The average molecular weight is 252 g/mol. The molecule has 0 aromatic heterocycles. The van der Waals surface area contributed by atoms with Crippen LogP contribution in [0.2, 0.25) is 0 Å². The van der Waals surface area contributed by atoms with Gasteiger partial charge in [-0.1, -0.05) is 6.07 Å². The number of aromatic hydroxyl groups is 1. The molecule has 0 unspecified atom stereocenters. The number of carbonyl (C=O) groups is 2. The Hall–Kier alpha value is -2.11. The smallest absolute Gasteiger partial charge is 0.260 e. The van der Waals surface area contributed by atoms with E-state index in [0.29, 0.717) is 13.1 Å². The first-order valence-electron chi connectivity index (χ1n) is 5.63. The maximum atomic E-state index is 13.5. The van der Waals surface area contributed by atoms with E-state index in [-0.39, 0.29) is 30.2 Å². The van der Waals surface area contributed by atoms with Crippen molar-refractivity contribution in [3.8, 4) is 5.75 Å². The topological polar surface area (TPSA) is 69.6 Å². The third-order valence-electron chi connectivity index (χ3n) is 2.81. The minimum atomic E-state index is -0.761. The molecule has 0 bridgehead atoms. The lowest BCUT2D eigenvalue weighted by atomic mass is 10.1. The summed E-state index contributed by atoms with van der Waals surface area (Å²) in [5, 5.41) is 12.2. The van der Waals surface area contributed by atoms with Gasteiger partial charge in [0.1, 0.15) is 17.1 Å². The van der Waals surface area contributed by atoms with Gasteiger partial charge in [-0.3, -0.25) is 9.59 Å². The maximum Gasteiger partial charge on any atom is 0.260 e. The summed E-state index contributed by atoms with van der Waals surface area (Å²) in [5.74, 6) is -1.88. The Labute approximate surface area is 103 Å². The number of nitrogens with one attached hydrogen (secondary N) is 1. The van der Waals surface area contributed by atoms with Crippen molar-refractivity contribution in [3.63, 3.8) is 0 Å². The summed E-state index contributed by atoms with van der Waals surface area (Å²) in [4.78, 5) is 24.6. The molecular weight excluding hydrogens is 239 g/mol. The maximum absolute atomic E-state index is 13.5. The Morgan fingerprint density at radius 2 is 2.17 bits per heavy atom. The van der Waals surface area contributed by atoms with Gasteiger partial charge >= 0.3 is 0 Å². The van der Waals surface area contributed by atoms with Crippen molar-refractivity contribution in [3.05, 3.63) is 29.6 Å². The van der Waals surface area contributed by atoms with E-state index < -0.39 is 11.7 Å². The predicted molar refractivity (Wildman–Crippen MR) is 61.6 cm³/mol. The van der Waals surface area contributed by atoms with Gasteiger partial charge in [0.2, 0.25) is 5.91 Å². The first-order valence-corrected chi connectivity index (χ1v) is 5.63. The van der Waals surface area contributed by atoms with E-state index in [1.807, 2.05) is 0 Å². The number of rotatable bonds is 1. The van der Waals surface area contributed by atoms with Crippen LogP contribution >= 0.6 is 0 Å². The number of carbonyl (C=O) groups excluding carboxylic acids is 2. The highest BCUT2D eigenvalue weighted by atomic mass is 19.1. The zero-order valence-corrected chi connectivity index (χ0v) is 9.65. The van der Waals surface area contributed by atoms with Crippen LogP contribution in [0.15, 0.2) is 18.2 Å². The van der Waals surface area contributed by atoms with Crippen molar-refractivity contribution < 1.29 is 19.1 Å². The standard InChI is InChI=1S/C12H13FN2O3/c13-8-2-1-3-9(16)11(8)12(18)15-6-4-10(17)14-5-7-15/h1-3,16H,4-7H2,(H,14,17). The van der Waals surface area contributed by atoms with Gasteiger partial charge in [0.15, 0.2) is 0 Å². The number of hydrogen-bond donors (Lipinski definition) is 2. The Morgan fingerprint density at radius 1 is 1.39 bits per heavy atom. The molecule has 1 aliphatic heterocycles. The third-order valence-corrected chi connectivity index (χ3v) is 2.81. The molecule has 5 nitrogen and oxygen atoms in total. The highest BCUT2D eigenvalue weighted by molar-refractivity contribution is 5.97. The minimum absolute atomic E-state index is 0.136. The molecule has 1 fully saturated rings. The fourth-order valence-corrected chi connectivity index (χ4v) is 1.85. The van der Waals surface area contributed by atoms with Gasteiger partial charge in [-0.15, -0.1) is 0 Å². The molecule has 2 N–H and O–H groups in total. The molecule has 18 heavy (non-hydrogen) atoms. The average Bonchev–Trinajstić information content (AvgIpc) is 2.53. The molecular formula is C12H13FN2O3. The predicted octanol–water partition coefficient (Wildman–Crippen LogP) is 0.493. The van der Waals surface area contributed by atoms with Gasteiger partial charge in [-0.2, -0.15) is 0 Å². The van der Waals surface area contributed by atoms with E-state index >= 15 is 0 Å². The molecule has 2 rings (SSSR count). The van der Waals surface area contributed by atoms with Gasteiger partial charge in [0.05, 0.1) is 0 Å². The van der Waals surface area contributed by atoms with Gasteiger partial charge in [0, 0.05) is 26.1 Å². The van der Waals surface area contributed by atoms with Crippen LogP contribution in [0.4, 0.5) is 4.39 Å². The molecule has 2 amide bonds. The van der Waals surface area contributed by atoms with Crippen LogP contribution in [0.5, 0.6) is 5.75 Å². The van der Waals surface area contributed by atoms with E-state index in [9.17, 15) is 19.1 Å². The Morgan fingerprint density at radius 3 is 2.89 bits per heavy atom. The van der Waals surface area contributed by atoms with Crippen LogP contribution in [0.25, 0.3) is 0 Å². The van der Waals surface area contributed by atoms with Crippen molar-refractivity contribution in [1.82, 2.24) is 10.2 Å². The Bertz CT molecular complexity index is 470. The second kappa shape index (κ2) is 5.03. The zero-order chi connectivity index (χ0) is 13.1. The molecule has 1 aromatic carbocycles. The molecule has 1 aromatic rings. The van der Waals surface area contributed by atoms with E-state index in [1.54, 1.807) is 0 Å². The van der Waals surface area contributed by atoms with Crippen molar-refractivity contribution in [1.29, 1.82) is 0 Å². The summed E-state index contributed by atoms with van der Waals surface area (Å²) in [7, 11) is 0. The number of phenolic OH excluding ortho intramolecular Hbond substituents is 1. The molecule has 0 spiro atoms. The molecule has 1 heterocycles. The van der Waals surface area contributed by atoms with Crippen LogP contribution in [-0.2, 0) is 4.79 Å². The first-order chi connectivity index (χ1) is 8.59. The van der Waals surface area contributed by atoms with Crippen molar-refractivity contribution in [2.75, 3.05) is 19.6 Å². The fourth-order valence-electron chi connectivity index (χ4n) is 1.85. The number of amides is 2. The summed E-state index contributed by atoms with van der Waals surface area (Å²) in [5.41, 5.74) is -0.341. The SMILES string of the molecule is O=C1CCN(C(=O)c2c(O)cccc2F)CCN1. The monoisotopic (exact) mass is 252 g/mol. The van der Waals surface area contributed by atoms with Gasteiger partial charge < -0.3 is 15.3 Å². The highest BCUT2D eigenvalue weighted by Crippen LogP contribution is 2.21. The Kier molecular flexibility index (Phi) is 3.45. The number of phenols is 1. The Balaban J connectivity index is 2.23. The molecule has 1 saturated heterocycles. The van der Waals surface area contributed by atoms with E-state index in [1.165, 1.54) is 17.0 Å². The van der Waals surface area contributed by atoms with Crippen molar-refractivity contribution >= 4 is 11.8 Å². The first kappa shape index (κ1) is 12.3. The summed E-state index contributed by atoms with van der Waals surface area (Å²) < 4.78 is 13.5. The van der Waals surface area contributed by atoms with E-state index in [2.05, 4.69) is 5.32 Å². The molecule has 6 heteroatoms. The van der Waals surface area contributed by atoms with Crippen molar-refractivity contribution in [2.24, 2.45) is 0 Å². The van der Waals surface area contributed by atoms with E-state index in [4.69, 9.17) is 0 Å². The van der Waals surface area contributed by atoms with Crippen LogP contribution in [-0.4, -0.2) is 41.5 Å². The quantitative estimate of drug-likeness (QED) is 0.764. The zero-order valence-electron chi connectivity index (χ0n) is 9.65. The van der Waals surface area contributed by atoms with Crippen LogP contribution in [0, 0.1) is 5.82 Å². The molecule has 0 radical (unpaired) electrons. The number of nitrogens with zero attached hydrogens (tertiary/aromatic N) is 1. The minimum Gasteiger partial charge on any atom is -0.507 e. The summed E-state index contributed by atoms with van der Waals surface area (Å²) in [6, 6.07) is 3.71. The van der Waals surface area contributed by atoms with Gasteiger partial charge in [-0.05, 0) is 12.1 Å². The summed E-state index contributed by atoms with van der Waals surface area (Å²) in [6.45, 7) is 0.858. The van der Waals surface area contributed by atoms with Gasteiger partial charge in [-0.25, -0.2) is 4.39 Å². The normalized spacial score (nSPS) is 16.1. The number of hydrogen-bond acceptors (Lipinski definition) is 3. The second-order valence-electron chi connectivity index (χ2n) is 4.03. The highest BCUT2D eigenvalue weighted by Gasteiger charge is 2.24. The van der Waals surface area contributed by atoms with Gasteiger partial charge in [0.25, 0.3) is 5.91 Å². The summed E-state index contributed by atoms with van der Waals surface area (Å²) >= 11 is 0. The number of halogens is 1. The molecule has 96 valence electrons. The molecule has 1 aliphatic rings. The lowest BCUT2D eigenvalue weighted by molar-refractivity contribution is -0.120. The molecule has 0 aliphatic carbocycles. The lowest BCUT2D eigenvalue weighted by Gasteiger charge is -2.20. The largest absolute Gasteiger partial charge is 0.507 e. The second-order valence-corrected chi connectivity index (χ2v) is 4.03. The van der Waals surface area contributed by atoms with Crippen LogP contribution in [0.1, 0.15) is 16.8 Å². The summed E-state index contributed by atoms with van der Waals surface area (Å²) in [6.07, 6.45) is 0.182. The molecule has 0 atom stereocenters. The van der Waals surface area contributed by atoms with E-state index in [0.717, 1.165) is 6.07 Å². The van der Waals surface area contributed by atoms with Crippen molar-refractivity contribution in [2.45, 2.75) is 6.42 Å². The number of benzene rings is 1. The van der Waals surface area contributed by atoms with Crippen LogP contribution in [0.3, 0.4) is 0 Å². The lowest BCUT2D eigenvalue weighted by Crippen LogP contribution is -2.34.